The van der Waals surface area contributed by atoms with E-state index in [1.165, 1.54) is 12.1 Å². The maximum atomic E-state index is 12.0. The minimum Gasteiger partial charge on any atom is -0.478 e. The number of aromatic carboxylic acids is 1. The molecule has 0 aliphatic carbocycles. The number of aliphatic hydroxyl groups excluding tert-OH is 1. The molecule has 1 aromatic carbocycles. The quantitative estimate of drug-likeness (QED) is 0.730. The first-order valence-corrected chi connectivity index (χ1v) is 7.30. The summed E-state index contributed by atoms with van der Waals surface area (Å²) in [6, 6.07) is 2.98. The summed E-state index contributed by atoms with van der Waals surface area (Å²) in [6.07, 6.45) is 0.263. The third kappa shape index (κ3) is 4.17. The number of halogens is 1. The summed E-state index contributed by atoms with van der Waals surface area (Å²) < 4.78 is 26.3. The lowest BCUT2D eigenvalue weighted by atomic mass is 10.2. The highest BCUT2D eigenvalue weighted by Gasteiger charge is 2.20. The topological polar surface area (TPSA) is 104 Å². The van der Waals surface area contributed by atoms with Crippen molar-refractivity contribution in [1.82, 2.24) is 4.72 Å². The average molecular weight is 308 g/mol. The highest BCUT2D eigenvalue weighted by atomic mass is 35.5. The molecule has 19 heavy (non-hydrogen) atoms. The van der Waals surface area contributed by atoms with Crippen molar-refractivity contribution in [3.8, 4) is 0 Å². The van der Waals surface area contributed by atoms with Gasteiger partial charge in [0.2, 0.25) is 10.0 Å². The Bertz CT molecular complexity index is 572. The highest BCUT2D eigenvalue weighted by molar-refractivity contribution is 7.89. The van der Waals surface area contributed by atoms with Gasteiger partial charge in [-0.2, -0.15) is 0 Å². The monoisotopic (exact) mass is 307 g/mol. The van der Waals surface area contributed by atoms with Gasteiger partial charge in [-0.15, -0.1) is 0 Å². The van der Waals surface area contributed by atoms with Crippen molar-refractivity contribution in [2.45, 2.75) is 24.3 Å². The van der Waals surface area contributed by atoms with Crippen LogP contribution in [0.3, 0.4) is 0 Å². The minimum atomic E-state index is -3.84. The van der Waals surface area contributed by atoms with E-state index < -0.39 is 22.0 Å². The van der Waals surface area contributed by atoms with Gasteiger partial charge < -0.3 is 10.2 Å². The summed E-state index contributed by atoms with van der Waals surface area (Å²) in [4.78, 5) is 10.7. The van der Waals surface area contributed by atoms with Crippen LogP contribution in [0, 0.1) is 0 Å². The molecule has 0 saturated carbocycles. The molecule has 0 amide bonds. The van der Waals surface area contributed by atoms with E-state index in [0.717, 1.165) is 6.07 Å². The van der Waals surface area contributed by atoms with Crippen LogP contribution in [0.1, 0.15) is 23.7 Å². The number of hydrogen-bond acceptors (Lipinski definition) is 4. The smallest absolute Gasteiger partial charge is 0.337 e. The van der Waals surface area contributed by atoms with Crippen molar-refractivity contribution in [2.24, 2.45) is 0 Å². The standard InChI is InChI=1S/C11H14ClNO5S/c1-7(4-5-14)13-19(17,18)8-2-3-10(12)9(6-8)11(15)16/h2-3,6-7,13-14H,4-5H2,1H3,(H,15,16). The number of carboxylic acids is 1. The predicted octanol–water partition coefficient (Wildman–Crippen LogP) is 1.09. The Kier molecular flexibility index (Phi) is 5.30. The molecule has 0 saturated heterocycles. The van der Waals surface area contributed by atoms with Crippen molar-refractivity contribution in [2.75, 3.05) is 6.61 Å². The van der Waals surface area contributed by atoms with E-state index >= 15 is 0 Å². The molecular weight excluding hydrogens is 294 g/mol. The molecule has 0 aliphatic rings. The summed E-state index contributed by atoms with van der Waals surface area (Å²) >= 11 is 5.67. The number of sulfonamides is 1. The van der Waals surface area contributed by atoms with E-state index in [-0.39, 0.29) is 28.5 Å². The lowest BCUT2D eigenvalue weighted by Crippen LogP contribution is -2.33. The maximum absolute atomic E-state index is 12.0. The van der Waals surface area contributed by atoms with Gasteiger partial charge in [-0.05, 0) is 31.5 Å². The number of rotatable bonds is 6. The van der Waals surface area contributed by atoms with Crippen LogP contribution in [0.5, 0.6) is 0 Å². The molecule has 0 fully saturated rings. The van der Waals surface area contributed by atoms with E-state index in [1.54, 1.807) is 6.92 Å². The van der Waals surface area contributed by atoms with Gasteiger partial charge in [-0.3, -0.25) is 0 Å². The van der Waals surface area contributed by atoms with Crippen LogP contribution in [0.4, 0.5) is 0 Å². The lowest BCUT2D eigenvalue weighted by molar-refractivity contribution is 0.0697. The first-order chi connectivity index (χ1) is 8.77. The molecule has 0 radical (unpaired) electrons. The van der Waals surface area contributed by atoms with Crippen LogP contribution in [-0.4, -0.2) is 37.2 Å². The van der Waals surface area contributed by atoms with E-state index in [2.05, 4.69) is 4.72 Å². The van der Waals surface area contributed by atoms with E-state index in [1.807, 2.05) is 0 Å². The summed E-state index contributed by atoms with van der Waals surface area (Å²) in [5.74, 6) is -1.30. The van der Waals surface area contributed by atoms with Gasteiger partial charge >= 0.3 is 5.97 Å². The Morgan fingerprint density at radius 2 is 2.11 bits per heavy atom. The van der Waals surface area contributed by atoms with Crippen molar-refractivity contribution < 1.29 is 23.4 Å². The molecule has 3 N–H and O–H groups in total. The molecule has 1 aromatic rings. The fraction of sp³-hybridized carbons (Fsp3) is 0.364. The molecule has 106 valence electrons. The Labute approximate surface area is 116 Å². The molecule has 0 bridgehead atoms. The van der Waals surface area contributed by atoms with E-state index in [9.17, 15) is 13.2 Å². The molecule has 8 heteroatoms. The molecule has 0 aliphatic heterocycles. The summed E-state index contributed by atoms with van der Waals surface area (Å²) in [5.41, 5.74) is -0.278. The Balaban J connectivity index is 3.08. The zero-order valence-electron chi connectivity index (χ0n) is 10.1. The minimum absolute atomic E-state index is 0.0325. The third-order valence-electron chi connectivity index (χ3n) is 2.40. The number of carboxylic acid groups (broad SMARTS) is 1. The Morgan fingerprint density at radius 1 is 1.47 bits per heavy atom. The van der Waals surface area contributed by atoms with Gasteiger partial charge in [0.1, 0.15) is 0 Å². The average Bonchev–Trinajstić information content (AvgIpc) is 2.28. The maximum Gasteiger partial charge on any atom is 0.337 e. The number of hydrogen-bond donors (Lipinski definition) is 3. The van der Waals surface area contributed by atoms with E-state index in [0.29, 0.717) is 0 Å². The number of benzene rings is 1. The third-order valence-corrected chi connectivity index (χ3v) is 4.31. The summed E-state index contributed by atoms with van der Waals surface area (Å²) in [7, 11) is -3.84. The molecule has 0 spiro atoms. The van der Waals surface area contributed by atoms with Crippen LogP contribution in [0.2, 0.25) is 5.02 Å². The van der Waals surface area contributed by atoms with Crippen LogP contribution >= 0.6 is 11.6 Å². The first kappa shape index (κ1) is 15.9. The van der Waals surface area contributed by atoms with Crippen LogP contribution in [-0.2, 0) is 10.0 Å². The van der Waals surface area contributed by atoms with Crippen molar-refractivity contribution >= 4 is 27.6 Å². The van der Waals surface area contributed by atoms with E-state index in [4.69, 9.17) is 21.8 Å². The second-order valence-corrected chi connectivity index (χ2v) is 6.10. The molecule has 0 aromatic heterocycles. The molecule has 0 heterocycles. The van der Waals surface area contributed by atoms with Gasteiger partial charge in [-0.1, -0.05) is 11.6 Å². The SMILES string of the molecule is CC(CCO)NS(=O)(=O)c1ccc(Cl)c(C(=O)O)c1. The normalized spacial score (nSPS) is 13.2. The lowest BCUT2D eigenvalue weighted by Gasteiger charge is -2.13. The van der Waals surface area contributed by atoms with Crippen LogP contribution < -0.4 is 4.72 Å². The number of aliphatic hydroxyl groups is 1. The van der Waals surface area contributed by atoms with Gasteiger partial charge in [0.05, 0.1) is 15.5 Å². The molecular formula is C11H14ClNO5S. The Hall–Kier alpha value is -1.15. The Morgan fingerprint density at radius 3 is 2.63 bits per heavy atom. The van der Waals surface area contributed by atoms with Crippen molar-refractivity contribution in [3.63, 3.8) is 0 Å². The largest absolute Gasteiger partial charge is 0.478 e. The number of nitrogens with one attached hydrogen (secondary N) is 1. The van der Waals surface area contributed by atoms with Crippen LogP contribution in [0.25, 0.3) is 0 Å². The first-order valence-electron chi connectivity index (χ1n) is 5.44. The number of carbonyl (C=O) groups is 1. The zero-order valence-corrected chi connectivity index (χ0v) is 11.7. The second-order valence-electron chi connectivity index (χ2n) is 3.98. The molecule has 6 nitrogen and oxygen atoms in total. The van der Waals surface area contributed by atoms with Gasteiger partial charge in [-0.25, -0.2) is 17.9 Å². The van der Waals surface area contributed by atoms with Gasteiger partial charge in [0.15, 0.2) is 0 Å². The molecule has 1 atom stereocenters. The van der Waals surface area contributed by atoms with Crippen molar-refractivity contribution in [3.05, 3.63) is 28.8 Å². The van der Waals surface area contributed by atoms with Gasteiger partial charge in [0, 0.05) is 12.6 Å². The second kappa shape index (κ2) is 6.33. The summed E-state index contributed by atoms with van der Waals surface area (Å²) in [6.45, 7) is 1.45. The fourth-order valence-corrected chi connectivity index (χ4v) is 2.92. The predicted molar refractivity (Wildman–Crippen MR) is 69.9 cm³/mol. The van der Waals surface area contributed by atoms with Crippen LogP contribution in [0.15, 0.2) is 23.1 Å². The van der Waals surface area contributed by atoms with Crippen molar-refractivity contribution in [1.29, 1.82) is 0 Å². The molecule has 1 rings (SSSR count). The zero-order chi connectivity index (χ0) is 14.6. The molecule has 1 unspecified atom stereocenters. The highest BCUT2D eigenvalue weighted by Crippen LogP contribution is 2.20. The van der Waals surface area contributed by atoms with Gasteiger partial charge in [0.25, 0.3) is 0 Å². The fourth-order valence-electron chi connectivity index (χ4n) is 1.42. The summed E-state index contributed by atoms with van der Waals surface area (Å²) in [5, 5.41) is 17.6.